The molecule has 0 saturated carbocycles. The molecule has 1 aliphatic heterocycles. The van der Waals surface area contributed by atoms with E-state index < -0.39 is 0 Å². The lowest BCUT2D eigenvalue weighted by Gasteiger charge is -2.13. The summed E-state index contributed by atoms with van der Waals surface area (Å²) >= 11 is 0. The number of aryl methyl sites for hydroxylation is 1. The summed E-state index contributed by atoms with van der Waals surface area (Å²) in [4.78, 5) is 23.0. The van der Waals surface area contributed by atoms with Crippen LogP contribution in [0.1, 0.15) is 35.6 Å². The second-order valence-electron chi connectivity index (χ2n) is 8.92. The van der Waals surface area contributed by atoms with E-state index in [2.05, 4.69) is 18.8 Å². The molecule has 0 atom stereocenters. The highest BCUT2D eigenvalue weighted by Crippen LogP contribution is 2.29. The molecule has 0 fully saturated rings. The number of benzene rings is 3. The Morgan fingerprint density at radius 2 is 1.81 bits per heavy atom. The smallest absolute Gasteiger partial charge is 0.259 e. The Hall–Kier alpha value is -4.50. The van der Waals surface area contributed by atoms with Crippen molar-refractivity contribution in [1.82, 2.24) is 9.55 Å². The Balaban J connectivity index is 1.34. The summed E-state index contributed by atoms with van der Waals surface area (Å²) < 4.78 is 20.5. The van der Waals surface area contributed by atoms with E-state index in [1.165, 1.54) is 12.1 Å². The first-order chi connectivity index (χ1) is 18.0. The minimum atomic E-state index is -0.286. The highest BCUT2D eigenvalue weighted by molar-refractivity contribution is 6.06. The molecular formula is C31H26FN3O2. The third kappa shape index (κ3) is 5.36. The van der Waals surface area contributed by atoms with Gasteiger partial charge in [0, 0.05) is 24.1 Å². The molecule has 0 unspecified atom stereocenters. The molecule has 0 amide bonds. The van der Waals surface area contributed by atoms with Crippen molar-refractivity contribution in [3.05, 3.63) is 111 Å². The number of aromatic nitrogens is 2. The summed E-state index contributed by atoms with van der Waals surface area (Å²) in [5, 5.41) is 0. The monoisotopic (exact) mass is 491 g/mol. The van der Waals surface area contributed by atoms with Crippen molar-refractivity contribution < 1.29 is 9.13 Å². The van der Waals surface area contributed by atoms with Crippen molar-refractivity contribution in [1.29, 1.82) is 0 Å². The number of rotatable bonds is 6. The lowest BCUT2D eigenvalue weighted by Crippen LogP contribution is -2.26. The maximum absolute atomic E-state index is 13.4. The first-order valence-corrected chi connectivity index (χ1v) is 12.3. The second-order valence-corrected chi connectivity index (χ2v) is 8.92. The number of hydrogen-bond donors (Lipinski definition) is 0. The molecule has 0 aliphatic carbocycles. The van der Waals surface area contributed by atoms with E-state index in [1.54, 1.807) is 16.7 Å². The molecule has 184 valence electrons. The van der Waals surface area contributed by atoms with E-state index in [4.69, 9.17) is 14.7 Å². The number of nitrogens with zero attached hydrogens (tertiary/aromatic N) is 3. The fraction of sp³-hybridized carbons (Fsp3) is 0.194. The van der Waals surface area contributed by atoms with Crippen molar-refractivity contribution in [2.45, 2.75) is 33.2 Å². The van der Waals surface area contributed by atoms with Crippen molar-refractivity contribution in [3.63, 3.8) is 0 Å². The van der Waals surface area contributed by atoms with Gasteiger partial charge in [0.25, 0.3) is 5.56 Å². The van der Waals surface area contributed by atoms with Gasteiger partial charge in [0.1, 0.15) is 24.0 Å². The third-order valence-electron chi connectivity index (χ3n) is 6.12. The maximum Gasteiger partial charge on any atom is 0.259 e. The van der Waals surface area contributed by atoms with Crippen molar-refractivity contribution in [2.24, 2.45) is 4.99 Å². The van der Waals surface area contributed by atoms with Gasteiger partial charge in [-0.15, -0.1) is 0 Å². The molecule has 5 rings (SSSR count). The lowest BCUT2D eigenvalue weighted by atomic mass is 10.1. The van der Waals surface area contributed by atoms with Crippen LogP contribution in [0, 0.1) is 24.6 Å². The highest BCUT2D eigenvalue weighted by atomic mass is 19.1. The van der Waals surface area contributed by atoms with Gasteiger partial charge in [-0.1, -0.05) is 42.5 Å². The summed E-state index contributed by atoms with van der Waals surface area (Å²) in [5.74, 6) is 7.43. The van der Waals surface area contributed by atoms with E-state index in [0.29, 0.717) is 35.9 Å². The van der Waals surface area contributed by atoms with E-state index in [-0.39, 0.29) is 18.0 Å². The lowest BCUT2D eigenvalue weighted by molar-refractivity contribution is 0.370. The first kappa shape index (κ1) is 24.2. The fourth-order valence-electron chi connectivity index (χ4n) is 4.30. The summed E-state index contributed by atoms with van der Waals surface area (Å²) in [7, 11) is 0. The van der Waals surface area contributed by atoms with Gasteiger partial charge in [0.05, 0.1) is 11.3 Å². The van der Waals surface area contributed by atoms with Crippen LogP contribution in [0.15, 0.2) is 82.6 Å². The predicted octanol–water partition coefficient (Wildman–Crippen LogP) is 5.88. The van der Waals surface area contributed by atoms with Gasteiger partial charge in [-0.25, -0.2) is 14.4 Å². The third-order valence-corrected chi connectivity index (χ3v) is 6.12. The highest BCUT2D eigenvalue weighted by Gasteiger charge is 2.24. The Morgan fingerprint density at radius 3 is 2.54 bits per heavy atom. The molecule has 0 spiro atoms. The van der Waals surface area contributed by atoms with Gasteiger partial charge in [-0.2, -0.15) is 0 Å². The molecule has 4 aromatic rings. The zero-order chi connectivity index (χ0) is 25.8. The molecule has 0 saturated heterocycles. The summed E-state index contributed by atoms with van der Waals surface area (Å²) in [6.07, 6.45) is 1.28. The standard InChI is InChI=1S/C31H26FN3O2/c1-3-17-35-30(24-8-4-6-21(2)19-24)34-29-27(31(35)36)20-28(33-29)23-11-15-26(16-12-23)37-18-5-7-22-9-13-25(32)14-10-22/h4,6,8-16,19H,3,17-18,20H2,1-2H3. The molecular weight excluding hydrogens is 465 g/mol. The molecule has 1 aromatic heterocycles. The number of fused-ring (bicyclic) bond motifs is 1. The van der Waals surface area contributed by atoms with Crippen LogP contribution in [0.25, 0.3) is 11.4 Å². The zero-order valence-electron chi connectivity index (χ0n) is 20.8. The van der Waals surface area contributed by atoms with Gasteiger partial charge in [0.2, 0.25) is 0 Å². The van der Waals surface area contributed by atoms with E-state index >= 15 is 0 Å². The molecule has 0 N–H and O–H groups in total. The van der Waals surface area contributed by atoms with Gasteiger partial charge in [-0.3, -0.25) is 9.36 Å². The molecule has 2 heterocycles. The van der Waals surface area contributed by atoms with Gasteiger partial charge in [-0.05, 0) is 73.5 Å². The maximum atomic E-state index is 13.4. The number of hydrogen-bond acceptors (Lipinski definition) is 4. The number of ether oxygens (including phenoxy) is 1. The first-order valence-electron chi connectivity index (χ1n) is 12.3. The largest absolute Gasteiger partial charge is 0.481 e. The number of aliphatic imine (C=N–C) groups is 1. The Kier molecular flexibility index (Phi) is 6.96. The van der Waals surface area contributed by atoms with Crippen molar-refractivity contribution >= 4 is 11.5 Å². The summed E-state index contributed by atoms with van der Waals surface area (Å²) in [6, 6.07) is 21.6. The Labute approximate surface area is 215 Å². The van der Waals surface area contributed by atoms with Gasteiger partial charge in [0.15, 0.2) is 5.82 Å². The van der Waals surface area contributed by atoms with Crippen molar-refractivity contribution in [3.8, 4) is 29.0 Å². The van der Waals surface area contributed by atoms with E-state index in [9.17, 15) is 9.18 Å². The summed E-state index contributed by atoms with van der Waals surface area (Å²) in [5.41, 5.74) is 5.10. The van der Waals surface area contributed by atoms with Crippen LogP contribution in [-0.4, -0.2) is 21.9 Å². The van der Waals surface area contributed by atoms with Gasteiger partial charge < -0.3 is 4.74 Å². The molecule has 1 aliphatic rings. The average Bonchev–Trinajstić information content (AvgIpc) is 3.34. The molecule has 3 aromatic carbocycles. The van der Waals surface area contributed by atoms with E-state index in [0.717, 1.165) is 34.4 Å². The normalized spacial score (nSPS) is 11.9. The topological polar surface area (TPSA) is 56.5 Å². The van der Waals surface area contributed by atoms with Crippen LogP contribution < -0.4 is 10.3 Å². The quantitative estimate of drug-likeness (QED) is 0.317. The molecule has 6 heteroatoms. The second kappa shape index (κ2) is 10.6. The minimum absolute atomic E-state index is 0.0261. The van der Waals surface area contributed by atoms with Gasteiger partial charge >= 0.3 is 0 Å². The predicted molar refractivity (Wildman–Crippen MR) is 144 cm³/mol. The van der Waals surface area contributed by atoms with Crippen LogP contribution in [0.2, 0.25) is 0 Å². The van der Waals surface area contributed by atoms with E-state index in [1.807, 2.05) is 55.5 Å². The molecule has 5 nitrogen and oxygen atoms in total. The van der Waals surface area contributed by atoms with Crippen LogP contribution in [0.4, 0.5) is 10.2 Å². The molecule has 37 heavy (non-hydrogen) atoms. The zero-order valence-corrected chi connectivity index (χ0v) is 20.8. The Morgan fingerprint density at radius 1 is 1.03 bits per heavy atom. The fourth-order valence-corrected chi connectivity index (χ4v) is 4.30. The van der Waals surface area contributed by atoms with Crippen molar-refractivity contribution in [2.75, 3.05) is 6.61 Å². The van der Waals surface area contributed by atoms with Crippen LogP contribution in [0.3, 0.4) is 0 Å². The summed E-state index contributed by atoms with van der Waals surface area (Å²) in [6.45, 7) is 4.90. The molecule has 0 radical (unpaired) electrons. The average molecular weight is 492 g/mol. The number of halogens is 1. The molecule has 0 bridgehead atoms. The Bertz CT molecular complexity index is 1590. The van der Waals surface area contributed by atoms with Crippen LogP contribution >= 0.6 is 0 Å². The van der Waals surface area contributed by atoms with Crippen LogP contribution in [-0.2, 0) is 13.0 Å². The SMILES string of the molecule is CCCn1c(-c2cccc(C)c2)nc2c(c1=O)CC(c1ccc(OCC#Cc3ccc(F)cc3)cc1)=N2. The van der Waals surface area contributed by atoms with Crippen LogP contribution in [0.5, 0.6) is 5.75 Å². The minimum Gasteiger partial charge on any atom is -0.481 e.